The van der Waals surface area contributed by atoms with Crippen molar-refractivity contribution in [3.63, 3.8) is 0 Å². The average Bonchev–Trinajstić information content (AvgIpc) is 2.82. The van der Waals surface area contributed by atoms with E-state index in [0.717, 1.165) is 11.1 Å². The van der Waals surface area contributed by atoms with Crippen molar-refractivity contribution in [2.45, 2.75) is 13.0 Å². The summed E-state index contributed by atoms with van der Waals surface area (Å²) in [6, 6.07) is 24.2. The summed E-state index contributed by atoms with van der Waals surface area (Å²) in [4.78, 5) is 24.4. The molecule has 0 bridgehead atoms. The van der Waals surface area contributed by atoms with Crippen LogP contribution in [0, 0.1) is 0 Å². The molecular weight excluding hydrogens is 396 g/mol. The second-order valence-electron chi connectivity index (χ2n) is 6.60. The van der Waals surface area contributed by atoms with E-state index in [1.54, 1.807) is 37.3 Å². The summed E-state index contributed by atoms with van der Waals surface area (Å²) in [5.74, 6) is 0.504. The maximum Gasteiger partial charge on any atom is 0.279 e. The lowest BCUT2D eigenvalue weighted by Gasteiger charge is -2.17. The fraction of sp³-hybridized carbons (Fsp3) is 0.167. The maximum absolute atomic E-state index is 12.2. The van der Waals surface area contributed by atoms with Gasteiger partial charge in [0.25, 0.3) is 11.8 Å². The van der Waals surface area contributed by atoms with Gasteiger partial charge in [-0.1, -0.05) is 60.7 Å². The summed E-state index contributed by atoms with van der Waals surface area (Å²) in [7, 11) is 1.52. The van der Waals surface area contributed by atoms with Gasteiger partial charge in [0.2, 0.25) is 0 Å². The predicted octanol–water partition coefficient (Wildman–Crippen LogP) is 3.36. The zero-order valence-corrected chi connectivity index (χ0v) is 17.3. The molecule has 1 unspecified atom stereocenters. The predicted molar refractivity (Wildman–Crippen MR) is 117 cm³/mol. The molecule has 0 aliphatic heterocycles. The topological polar surface area (TPSA) is 85.9 Å². The molecule has 3 aromatic rings. The fourth-order valence-corrected chi connectivity index (χ4v) is 2.82. The van der Waals surface area contributed by atoms with Crippen LogP contribution in [0.4, 0.5) is 0 Å². The first-order valence-electron chi connectivity index (χ1n) is 9.74. The zero-order chi connectivity index (χ0) is 22.1. The van der Waals surface area contributed by atoms with Crippen LogP contribution in [0.15, 0.2) is 78.9 Å². The van der Waals surface area contributed by atoms with Crippen LogP contribution >= 0.6 is 0 Å². The van der Waals surface area contributed by atoms with Crippen molar-refractivity contribution < 1.29 is 23.8 Å². The van der Waals surface area contributed by atoms with Crippen molar-refractivity contribution in [2.24, 2.45) is 0 Å². The highest BCUT2D eigenvalue weighted by Crippen LogP contribution is 2.29. The Kier molecular flexibility index (Phi) is 7.48. The molecule has 1 atom stereocenters. The highest BCUT2D eigenvalue weighted by atomic mass is 16.5. The number of carbonyl (C=O) groups is 2. The number of para-hydroxylation sites is 3. The van der Waals surface area contributed by atoms with Crippen molar-refractivity contribution in [2.75, 3.05) is 13.7 Å². The molecule has 0 aromatic heterocycles. The molecule has 0 fully saturated rings. The molecule has 0 saturated heterocycles. The standard InChI is InChI=1S/C24H24N2O5/c1-17(31-22-15-9-8-14-21(22)29-2)24(28)26-25-23(27)16-30-20-13-7-6-12-19(20)18-10-4-3-5-11-18/h3-15,17H,16H2,1-2H3,(H,25,27)(H,26,28). The fourth-order valence-electron chi connectivity index (χ4n) is 2.82. The monoisotopic (exact) mass is 420 g/mol. The number of nitrogens with one attached hydrogen (secondary N) is 2. The number of amides is 2. The number of methoxy groups -OCH3 is 1. The molecule has 3 rings (SSSR count). The molecule has 160 valence electrons. The first-order valence-corrected chi connectivity index (χ1v) is 9.74. The Labute approximate surface area is 180 Å². The van der Waals surface area contributed by atoms with Crippen molar-refractivity contribution in [3.8, 4) is 28.4 Å². The Balaban J connectivity index is 1.50. The highest BCUT2D eigenvalue weighted by molar-refractivity contribution is 5.85. The summed E-state index contributed by atoms with van der Waals surface area (Å²) < 4.78 is 16.5. The molecule has 31 heavy (non-hydrogen) atoms. The minimum absolute atomic E-state index is 0.258. The van der Waals surface area contributed by atoms with Crippen LogP contribution in [0.25, 0.3) is 11.1 Å². The van der Waals surface area contributed by atoms with Crippen molar-refractivity contribution in [1.82, 2.24) is 10.9 Å². The molecule has 0 aliphatic rings. The zero-order valence-electron chi connectivity index (χ0n) is 17.3. The Morgan fingerprint density at radius 1 is 0.806 bits per heavy atom. The minimum Gasteiger partial charge on any atom is -0.493 e. The largest absolute Gasteiger partial charge is 0.493 e. The smallest absolute Gasteiger partial charge is 0.279 e. The van der Waals surface area contributed by atoms with E-state index in [2.05, 4.69) is 10.9 Å². The van der Waals surface area contributed by atoms with Crippen LogP contribution in [0.3, 0.4) is 0 Å². The molecule has 0 aliphatic carbocycles. The van der Waals surface area contributed by atoms with E-state index in [1.165, 1.54) is 7.11 Å². The van der Waals surface area contributed by atoms with Crippen molar-refractivity contribution in [3.05, 3.63) is 78.9 Å². The molecule has 0 heterocycles. The van der Waals surface area contributed by atoms with Gasteiger partial charge in [-0.3, -0.25) is 20.4 Å². The van der Waals surface area contributed by atoms with Crippen molar-refractivity contribution in [1.29, 1.82) is 0 Å². The van der Waals surface area contributed by atoms with Crippen LogP contribution < -0.4 is 25.1 Å². The van der Waals surface area contributed by atoms with Gasteiger partial charge in [0, 0.05) is 5.56 Å². The van der Waals surface area contributed by atoms with Crippen LogP contribution in [0.1, 0.15) is 6.92 Å². The van der Waals surface area contributed by atoms with Crippen LogP contribution in [0.2, 0.25) is 0 Å². The number of hydrogen-bond donors (Lipinski definition) is 2. The lowest BCUT2D eigenvalue weighted by molar-refractivity contribution is -0.133. The first-order chi connectivity index (χ1) is 15.1. The van der Waals surface area contributed by atoms with Gasteiger partial charge in [0.1, 0.15) is 5.75 Å². The molecule has 7 nitrogen and oxygen atoms in total. The molecule has 2 N–H and O–H groups in total. The van der Waals surface area contributed by atoms with E-state index >= 15 is 0 Å². The second kappa shape index (κ2) is 10.7. The van der Waals surface area contributed by atoms with Crippen molar-refractivity contribution >= 4 is 11.8 Å². The second-order valence-corrected chi connectivity index (χ2v) is 6.60. The Bertz CT molecular complexity index is 1020. The number of hydrazine groups is 1. The molecule has 0 radical (unpaired) electrons. The maximum atomic E-state index is 12.2. The van der Waals surface area contributed by atoms with Gasteiger partial charge >= 0.3 is 0 Å². The van der Waals surface area contributed by atoms with Gasteiger partial charge in [-0.2, -0.15) is 0 Å². The van der Waals surface area contributed by atoms with E-state index in [-0.39, 0.29) is 6.61 Å². The van der Waals surface area contributed by atoms with E-state index in [9.17, 15) is 9.59 Å². The molecule has 0 spiro atoms. The molecular formula is C24H24N2O5. The number of hydrogen-bond acceptors (Lipinski definition) is 5. The van der Waals surface area contributed by atoms with Gasteiger partial charge in [0.05, 0.1) is 7.11 Å². The number of benzene rings is 3. The SMILES string of the molecule is COc1ccccc1OC(C)C(=O)NNC(=O)COc1ccccc1-c1ccccc1. The molecule has 7 heteroatoms. The summed E-state index contributed by atoms with van der Waals surface area (Å²) in [5.41, 5.74) is 6.53. The van der Waals surface area contributed by atoms with Gasteiger partial charge < -0.3 is 14.2 Å². The van der Waals surface area contributed by atoms with Crippen LogP contribution in [0.5, 0.6) is 17.2 Å². The first kappa shape index (κ1) is 21.7. The van der Waals surface area contributed by atoms with Gasteiger partial charge in [-0.15, -0.1) is 0 Å². The Morgan fingerprint density at radius 3 is 2.13 bits per heavy atom. The van der Waals surface area contributed by atoms with Gasteiger partial charge in [0.15, 0.2) is 24.2 Å². The van der Waals surface area contributed by atoms with Gasteiger partial charge in [-0.25, -0.2) is 0 Å². The summed E-state index contributed by atoms with van der Waals surface area (Å²) >= 11 is 0. The third kappa shape index (κ3) is 5.99. The normalized spacial score (nSPS) is 11.2. The van der Waals surface area contributed by atoms with E-state index in [1.807, 2.05) is 48.5 Å². The summed E-state index contributed by atoms with van der Waals surface area (Å²) in [5, 5.41) is 0. The van der Waals surface area contributed by atoms with E-state index < -0.39 is 17.9 Å². The molecule has 0 saturated carbocycles. The number of rotatable bonds is 8. The van der Waals surface area contributed by atoms with E-state index in [0.29, 0.717) is 17.2 Å². The Hall–Kier alpha value is -4.00. The quantitative estimate of drug-likeness (QED) is 0.546. The summed E-state index contributed by atoms with van der Waals surface area (Å²) in [6.45, 7) is 1.31. The third-order valence-corrected chi connectivity index (χ3v) is 4.40. The molecule has 2 amide bonds. The van der Waals surface area contributed by atoms with Gasteiger partial charge in [-0.05, 0) is 30.7 Å². The lowest BCUT2D eigenvalue weighted by atomic mass is 10.1. The number of ether oxygens (including phenoxy) is 3. The summed E-state index contributed by atoms with van der Waals surface area (Å²) in [6.07, 6.45) is -0.851. The molecule has 3 aromatic carbocycles. The van der Waals surface area contributed by atoms with Crippen LogP contribution in [-0.2, 0) is 9.59 Å². The minimum atomic E-state index is -0.851. The van der Waals surface area contributed by atoms with Crippen LogP contribution in [-0.4, -0.2) is 31.6 Å². The Morgan fingerprint density at radius 2 is 1.42 bits per heavy atom. The lowest BCUT2D eigenvalue weighted by Crippen LogP contribution is -2.48. The van der Waals surface area contributed by atoms with E-state index in [4.69, 9.17) is 14.2 Å². The third-order valence-electron chi connectivity index (χ3n) is 4.40. The highest BCUT2D eigenvalue weighted by Gasteiger charge is 2.17. The number of carbonyl (C=O) groups excluding carboxylic acids is 2. The average molecular weight is 420 g/mol.